The van der Waals surface area contributed by atoms with Crippen LogP contribution in [0.1, 0.15) is 47.5 Å². The maximum Gasteiger partial charge on any atom is 0.341 e. The first-order valence-electron chi connectivity index (χ1n) is 9.38. The van der Waals surface area contributed by atoms with Crippen LogP contribution in [0.5, 0.6) is 0 Å². The van der Waals surface area contributed by atoms with Crippen molar-refractivity contribution in [3.05, 3.63) is 28.2 Å². The third-order valence-corrected chi connectivity index (χ3v) is 6.66. The highest BCUT2D eigenvalue weighted by Crippen LogP contribution is 2.45. The summed E-state index contributed by atoms with van der Waals surface area (Å²) in [5, 5.41) is 15.0. The van der Waals surface area contributed by atoms with Crippen molar-refractivity contribution in [1.82, 2.24) is 0 Å². The second kappa shape index (κ2) is 7.84. The Hall–Kier alpha value is -2.15. The maximum absolute atomic E-state index is 13.0. The van der Waals surface area contributed by atoms with Crippen LogP contribution in [0.4, 0.5) is 5.00 Å². The number of carbonyl (C=O) groups is 3. The van der Waals surface area contributed by atoms with Gasteiger partial charge in [0.15, 0.2) is 0 Å². The lowest BCUT2D eigenvalue weighted by Crippen LogP contribution is -2.51. The van der Waals surface area contributed by atoms with Crippen LogP contribution in [0, 0.1) is 30.6 Å². The molecule has 1 saturated carbocycles. The zero-order valence-corrected chi connectivity index (χ0v) is 16.6. The minimum atomic E-state index is -1.18. The first kappa shape index (κ1) is 19.6. The van der Waals surface area contributed by atoms with Gasteiger partial charge in [0, 0.05) is 16.8 Å². The number of rotatable bonds is 6. The fourth-order valence-electron chi connectivity index (χ4n) is 4.38. The molecule has 0 aromatic carbocycles. The molecule has 1 N–H and O–H groups in total. The van der Waals surface area contributed by atoms with Crippen molar-refractivity contribution in [2.45, 2.75) is 40.0 Å². The lowest BCUT2D eigenvalue weighted by molar-refractivity contribution is -0.316. The Labute approximate surface area is 162 Å². The predicted molar refractivity (Wildman–Crippen MR) is 100 cm³/mol. The number of esters is 1. The number of hydrogen-bond donors (Lipinski definition) is 1. The number of anilines is 1. The monoisotopic (exact) mass is 390 g/mol. The van der Waals surface area contributed by atoms with Gasteiger partial charge >= 0.3 is 5.97 Å². The van der Waals surface area contributed by atoms with E-state index in [1.54, 1.807) is 6.92 Å². The number of carboxylic acids is 1. The van der Waals surface area contributed by atoms with E-state index in [-0.39, 0.29) is 24.3 Å². The summed E-state index contributed by atoms with van der Waals surface area (Å²) < 4.78 is 5.16. The molecule has 1 aromatic heterocycles. The average Bonchev–Trinajstić information content (AvgIpc) is 2.96. The van der Waals surface area contributed by atoms with Crippen molar-refractivity contribution in [1.29, 1.82) is 0 Å². The molecule has 0 spiro atoms. The fourth-order valence-corrected chi connectivity index (χ4v) is 5.52. The fraction of sp³-hybridized carbons (Fsp3) is 0.550. The Morgan fingerprint density at radius 3 is 2.33 bits per heavy atom. The molecule has 1 amide bonds. The van der Waals surface area contributed by atoms with Gasteiger partial charge in [0.1, 0.15) is 5.00 Å². The summed E-state index contributed by atoms with van der Waals surface area (Å²) in [5.41, 5.74) is 1.24. The molecule has 2 bridgehead atoms. The van der Waals surface area contributed by atoms with Gasteiger partial charge in [-0.25, -0.2) is 4.79 Å². The topological polar surface area (TPSA) is 95.5 Å². The highest BCUT2D eigenvalue weighted by atomic mass is 32.1. The van der Waals surface area contributed by atoms with E-state index in [0.29, 0.717) is 17.0 Å². The number of fused-ring (bicyclic) bond motifs is 2. The van der Waals surface area contributed by atoms with Crippen LogP contribution in [-0.2, 0) is 20.7 Å². The molecule has 0 aliphatic heterocycles. The zero-order valence-electron chi connectivity index (χ0n) is 15.7. The van der Waals surface area contributed by atoms with E-state index in [9.17, 15) is 19.5 Å². The second-order valence-electron chi connectivity index (χ2n) is 7.06. The maximum atomic E-state index is 13.0. The van der Waals surface area contributed by atoms with Crippen molar-refractivity contribution < 1.29 is 24.2 Å². The summed E-state index contributed by atoms with van der Waals surface area (Å²) in [6.45, 7) is 5.82. The van der Waals surface area contributed by atoms with Gasteiger partial charge in [-0.05, 0) is 50.5 Å². The third kappa shape index (κ3) is 3.52. The van der Waals surface area contributed by atoms with E-state index in [1.807, 2.05) is 26.0 Å². The molecule has 4 rings (SSSR count). The molecule has 3 aliphatic rings. The third-order valence-electron chi connectivity index (χ3n) is 5.60. The van der Waals surface area contributed by atoms with E-state index in [4.69, 9.17) is 4.74 Å². The first-order chi connectivity index (χ1) is 12.9. The molecule has 7 heteroatoms. The molecule has 1 fully saturated rings. The number of carboxylic acid groups (broad SMARTS) is 1. The van der Waals surface area contributed by atoms with Gasteiger partial charge in [0.2, 0.25) is 5.91 Å². The highest BCUT2D eigenvalue weighted by molar-refractivity contribution is 7.16. The van der Waals surface area contributed by atoms with Gasteiger partial charge in [0.25, 0.3) is 0 Å². The van der Waals surface area contributed by atoms with Gasteiger partial charge < -0.3 is 20.0 Å². The molecule has 0 radical (unpaired) electrons. The molecule has 4 atom stereocenters. The van der Waals surface area contributed by atoms with Crippen LogP contribution in [-0.4, -0.2) is 24.5 Å². The SMILES string of the molecule is CCOC(=O)c1c(NC(=O)[C@H]2[C@@H](C(=O)[O-])[C@H]3C=C[C@@H]2CC3)sc(C)c1CC. The quantitative estimate of drug-likeness (QED) is 0.594. The zero-order chi connectivity index (χ0) is 19.7. The molecule has 6 nitrogen and oxygen atoms in total. The van der Waals surface area contributed by atoms with Gasteiger partial charge in [-0.2, -0.15) is 0 Å². The molecule has 3 aliphatic carbocycles. The smallest absolute Gasteiger partial charge is 0.341 e. The number of thiophene rings is 1. The van der Waals surface area contributed by atoms with Crippen LogP contribution in [0.25, 0.3) is 0 Å². The molecule has 27 heavy (non-hydrogen) atoms. The molecular formula is C20H24NO5S-. The number of ether oxygens (including phenoxy) is 1. The molecular weight excluding hydrogens is 366 g/mol. The minimum absolute atomic E-state index is 0.115. The summed E-state index contributed by atoms with van der Waals surface area (Å²) in [4.78, 5) is 38.1. The van der Waals surface area contributed by atoms with Crippen LogP contribution < -0.4 is 10.4 Å². The number of amides is 1. The van der Waals surface area contributed by atoms with Crippen molar-refractivity contribution >= 4 is 34.2 Å². The van der Waals surface area contributed by atoms with Crippen LogP contribution in [0.15, 0.2) is 12.2 Å². The van der Waals surface area contributed by atoms with E-state index in [2.05, 4.69) is 5.32 Å². The predicted octanol–water partition coefficient (Wildman–Crippen LogP) is 2.31. The van der Waals surface area contributed by atoms with Gasteiger partial charge in [-0.3, -0.25) is 4.79 Å². The Kier molecular flexibility index (Phi) is 5.69. The summed E-state index contributed by atoms with van der Waals surface area (Å²) in [6, 6.07) is 0. The Morgan fingerprint density at radius 2 is 1.81 bits per heavy atom. The van der Waals surface area contributed by atoms with Crippen LogP contribution in [0.2, 0.25) is 0 Å². The molecule has 1 aromatic rings. The minimum Gasteiger partial charge on any atom is -0.550 e. The summed E-state index contributed by atoms with van der Waals surface area (Å²) >= 11 is 1.33. The highest BCUT2D eigenvalue weighted by Gasteiger charge is 2.45. The van der Waals surface area contributed by atoms with E-state index >= 15 is 0 Å². The summed E-state index contributed by atoms with van der Waals surface area (Å²) in [6.07, 6.45) is 6.03. The number of aliphatic carboxylic acids is 1. The summed E-state index contributed by atoms with van der Waals surface area (Å²) in [7, 11) is 0. The van der Waals surface area contributed by atoms with E-state index in [1.165, 1.54) is 11.3 Å². The molecule has 0 unspecified atom stereocenters. The number of nitrogens with one attached hydrogen (secondary N) is 1. The Morgan fingerprint density at radius 1 is 1.19 bits per heavy atom. The number of carbonyl (C=O) groups excluding carboxylic acids is 3. The lowest BCUT2D eigenvalue weighted by Gasteiger charge is -2.44. The average molecular weight is 390 g/mol. The number of allylic oxidation sites excluding steroid dienone is 2. The normalized spacial score (nSPS) is 26.0. The van der Waals surface area contributed by atoms with Crippen molar-refractivity contribution in [3.8, 4) is 0 Å². The van der Waals surface area contributed by atoms with E-state index in [0.717, 1.165) is 23.3 Å². The van der Waals surface area contributed by atoms with Crippen molar-refractivity contribution in [3.63, 3.8) is 0 Å². The molecule has 0 saturated heterocycles. The van der Waals surface area contributed by atoms with E-state index < -0.39 is 23.8 Å². The Bertz CT molecular complexity index is 797. The van der Waals surface area contributed by atoms with Crippen molar-refractivity contribution in [2.24, 2.45) is 23.7 Å². The number of aryl methyl sites for hydroxylation is 1. The number of hydrogen-bond acceptors (Lipinski definition) is 6. The van der Waals surface area contributed by atoms with Crippen molar-refractivity contribution in [2.75, 3.05) is 11.9 Å². The second-order valence-corrected chi connectivity index (χ2v) is 8.29. The lowest BCUT2D eigenvalue weighted by atomic mass is 9.62. The molecule has 1 heterocycles. The molecule has 146 valence electrons. The van der Waals surface area contributed by atoms with Gasteiger partial charge in [-0.1, -0.05) is 19.1 Å². The largest absolute Gasteiger partial charge is 0.550 e. The van der Waals surface area contributed by atoms with Gasteiger partial charge in [-0.15, -0.1) is 11.3 Å². The van der Waals surface area contributed by atoms with Gasteiger partial charge in [0.05, 0.1) is 18.1 Å². The first-order valence-corrected chi connectivity index (χ1v) is 10.2. The van der Waals surface area contributed by atoms with Crippen LogP contribution in [0.3, 0.4) is 0 Å². The Balaban J connectivity index is 1.91. The van der Waals surface area contributed by atoms with Crippen LogP contribution >= 0.6 is 11.3 Å². The standard InChI is InChI=1S/C20H25NO5S/c1-4-13-10(3)27-18(16(13)20(25)26-5-2)21-17(22)14-11-6-8-12(9-7-11)15(14)19(23)24/h6,8,11-12,14-15H,4-5,7,9H2,1-3H3,(H,21,22)(H,23,24)/p-1/t11-,12+,14-,15+/m1/s1. The summed E-state index contributed by atoms with van der Waals surface area (Å²) in [5.74, 6) is -3.80.